The zero-order chi connectivity index (χ0) is 16.4. The van der Waals surface area contributed by atoms with Crippen molar-refractivity contribution in [3.63, 3.8) is 0 Å². The van der Waals surface area contributed by atoms with Crippen LogP contribution in [-0.2, 0) is 10.0 Å². The Bertz CT molecular complexity index is 684. The van der Waals surface area contributed by atoms with Gasteiger partial charge in [0.1, 0.15) is 10.5 Å². The molecule has 0 aromatic heterocycles. The standard InChI is InChI=1S/C13H16ClNO5S/c1-8(2)7-15(3)21(18,19)11-6-9(14)5-10(13(16)17)12(11)20-4/h5-6H,1,7H2,2-4H3,(H,16,17). The van der Waals surface area contributed by atoms with Crippen LogP contribution in [0.1, 0.15) is 17.3 Å². The molecule has 0 aliphatic rings. The van der Waals surface area contributed by atoms with E-state index in [0.717, 1.165) is 16.4 Å². The molecule has 1 rings (SSSR count). The van der Waals surface area contributed by atoms with Crippen molar-refractivity contribution in [2.75, 3.05) is 20.7 Å². The van der Waals surface area contributed by atoms with E-state index < -0.39 is 16.0 Å². The van der Waals surface area contributed by atoms with Gasteiger partial charge < -0.3 is 9.84 Å². The summed E-state index contributed by atoms with van der Waals surface area (Å²) in [5.41, 5.74) is 0.327. The van der Waals surface area contributed by atoms with Gasteiger partial charge in [-0.05, 0) is 19.1 Å². The fourth-order valence-corrected chi connectivity index (χ4v) is 3.48. The van der Waals surface area contributed by atoms with Crippen LogP contribution in [0.5, 0.6) is 5.75 Å². The molecule has 6 nitrogen and oxygen atoms in total. The zero-order valence-corrected chi connectivity index (χ0v) is 13.5. The van der Waals surface area contributed by atoms with Crippen molar-refractivity contribution in [1.82, 2.24) is 4.31 Å². The van der Waals surface area contributed by atoms with Gasteiger partial charge in [-0.2, -0.15) is 4.31 Å². The van der Waals surface area contributed by atoms with Gasteiger partial charge in [0.15, 0.2) is 5.75 Å². The van der Waals surface area contributed by atoms with E-state index in [1.807, 2.05) is 0 Å². The molecule has 0 saturated heterocycles. The fraction of sp³-hybridized carbons (Fsp3) is 0.308. The Morgan fingerprint density at radius 3 is 2.48 bits per heavy atom. The normalized spacial score (nSPS) is 11.5. The molecule has 116 valence electrons. The average Bonchev–Trinajstić information content (AvgIpc) is 2.36. The first-order valence-corrected chi connectivity index (χ1v) is 7.64. The number of sulfonamides is 1. The van der Waals surface area contributed by atoms with E-state index in [-0.39, 0.29) is 27.8 Å². The van der Waals surface area contributed by atoms with Crippen LogP contribution in [0.3, 0.4) is 0 Å². The molecule has 0 unspecified atom stereocenters. The summed E-state index contributed by atoms with van der Waals surface area (Å²) < 4.78 is 31.1. The largest absolute Gasteiger partial charge is 0.494 e. The van der Waals surface area contributed by atoms with E-state index in [9.17, 15) is 13.2 Å². The zero-order valence-electron chi connectivity index (χ0n) is 11.9. The molecular formula is C13H16ClNO5S. The Morgan fingerprint density at radius 1 is 1.48 bits per heavy atom. The van der Waals surface area contributed by atoms with E-state index >= 15 is 0 Å². The summed E-state index contributed by atoms with van der Waals surface area (Å²) >= 11 is 5.82. The predicted molar refractivity (Wildman–Crippen MR) is 79.6 cm³/mol. The lowest BCUT2D eigenvalue weighted by Crippen LogP contribution is -2.29. The van der Waals surface area contributed by atoms with Crippen LogP contribution < -0.4 is 4.74 Å². The first kappa shape index (κ1) is 17.5. The number of hydrogen-bond acceptors (Lipinski definition) is 4. The number of ether oxygens (including phenoxy) is 1. The van der Waals surface area contributed by atoms with Gasteiger partial charge in [0, 0.05) is 18.6 Å². The summed E-state index contributed by atoms with van der Waals surface area (Å²) in [6.45, 7) is 5.43. The minimum absolute atomic E-state index is 0.00417. The summed E-state index contributed by atoms with van der Waals surface area (Å²) in [6.07, 6.45) is 0. The first-order valence-electron chi connectivity index (χ1n) is 5.82. The fourth-order valence-electron chi connectivity index (χ4n) is 1.76. The van der Waals surface area contributed by atoms with Crippen molar-refractivity contribution in [3.8, 4) is 5.75 Å². The molecule has 0 amide bonds. The van der Waals surface area contributed by atoms with Crippen LogP contribution in [0.4, 0.5) is 0 Å². The summed E-state index contributed by atoms with van der Waals surface area (Å²) in [5, 5.41) is 9.13. The molecule has 21 heavy (non-hydrogen) atoms. The highest BCUT2D eigenvalue weighted by atomic mass is 35.5. The number of hydrogen-bond donors (Lipinski definition) is 1. The number of carboxylic acid groups (broad SMARTS) is 1. The van der Waals surface area contributed by atoms with Crippen LogP contribution in [-0.4, -0.2) is 44.5 Å². The van der Waals surface area contributed by atoms with Gasteiger partial charge in [-0.1, -0.05) is 23.8 Å². The molecule has 0 aliphatic carbocycles. The number of nitrogens with zero attached hydrogens (tertiary/aromatic N) is 1. The van der Waals surface area contributed by atoms with Crippen molar-refractivity contribution in [1.29, 1.82) is 0 Å². The number of methoxy groups -OCH3 is 1. The lowest BCUT2D eigenvalue weighted by atomic mass is 10.2. The Balaban J connectivity index is 3.55. The molecule has 0 saturated carbocycles. The molecule has 0 aliphatic heterocycles. The van der Waals surface area contributed by atoms with Gasteiger partial charge in [-0.25, -0.2) is 13.2 Å². The Labute approximate surface area is 128 Å². The highest BCUT2D eigenvalue weighted by molar-refractivity contribution is 7.89. The number of rotatable bonds is 6. The van der Waals surface area contributed by atoms with Gasteiger partial charge in [-0.15, -0.1) is 0 Å². The monoisotopic (exact) mass is 333 g/mol. The maximum atomic E-state index is 12.5. The van der Waals surface area contributed by atoms with Gasteiger partial charge in [0.25, 0.3) is 0 Å². The molecule has 0 bridgehead atoms. The van der Waals surface area contributed by atoms with Gasteiger partial charge in [0.05, 0.1) is 7.11 Å². The average molecular weight is 334 g/mol. The lowest BCUT2D eigenvalue weighted by Gasteiger charge is -2.20. The summed E-state index contributed by atoms with van der Waals surface area (Å²) in [5.74, 6) is -1.58. The third kappa shape index (κ3) is 3.75. The molecule has 0 atom stereocenters. The van der Waals surface area contributed by atoms with Crippen molar-refractivity contribution in [2.45, 2.75) is 11.8 Å². The van der Waals surface area contributed by atoms with E-state index in [1.165, 1.54) is 14.2 Å². The van der Waals surface area contributed by atoms with E-state index in [0.29, 0.717) is 5.57 Å². The van der Waals surface area contributed by atoms with Crippen LogP contribution in [0.15, 0.2) is 29.2 Å². The Morgan fingerprint density at radius 2 is 2.05 bits per heavy atom. The number of halogens is 1. The van der Waals surface area contributed by atoms with E-state index in [2.05, 4.69) is 6.58 Å². The van der Waals surface area contributed by atoms with Crippen molar-refractivity contribution in [2.24, 2.45) is 0 Å². The molecule has 0 heterocycles. The molecule has 0 spiro atoms. The molecule has 1 aromatic rings. The lowest BCUT2D eigenvalue weighted by molar-refractivity contribution is 0.0693. The Kier molecular flexibility index (Phi) is 5.38. The van der Waals surface area contributed by atoms with Crippen molar-refractivity contribution in [3.05, 3.63) is 34.9 Å². The number of likely N-dealkylation sites (N-methyl/N-ethyl adjacent to an activating group) is 1. The third-order valence-electron chi connectivity index (χ3n) is 2.63. The van der Waals surface area contributed by atoms with Crippen LogP contribution >= 0.6 is 11.6 Å². The quantitative estimate of drug-likeness (QED) is 0.807. The molecule has 1 N–H and O–H groups in total. The molecular weight excluding hydrogens is 318 g/mol. The number of carboxylic acids is 1. The smallest absolute Gasteiger partial charge is 0.339 e. The second-order valence-electron chi connectivity index (χ2n) is 4.51. The number of benzene rings is 1. The molecule has 0 radical (unpaired) electrons. The number of aromatic carboxylic acids is 1. The van der Waals surface area contributed by atoms with E-state index in [1.54, 1.807) is 6.92 Å². The second-order valence-corrected chi connectivity index (χ2v) is 6.96. The van der Waals surface area contributed by atoms with Gasteiger partial charge in [0.2, 0.25) is 10.0 Å². The maximum absolute atomic E-state index is 12.5. The highest BCUT2D eigenvalue weighted by Gasteiger charge is 2.29. The van der Waals surface area contributed by atoms with Crippen molar-refractivity contribution < 1.29 is 23.1 Å². The summed E-state index contributed by atoms with van der Waals surface area (Å²) in [6, 6.07) is 2.30. The molecule has 8 heteroatoms. The number of carbonyl (C=O) groups is 1. The molecule has 1 aromatic carbocycles. The first-order chi connectivity index (χ1) is 9.61. The minimum atomic E-state index is -3.96. The van der Waals surface area contributed by atoms with Crippen LogP contribution in [0.2, 0.25) is 5.02 Å². The maximum Gasteiger partial charge on any atom is 0.339 e. The summed E-state index contributed by atoms with van der Waals surface area (Å²) in [7, 11) is -1.39. The van der Waals surface area contributed by atoms with Gasteiger partial charge >= 0.3 is 5.97 Å². The van der Waals surface area contributed by atoms with Crippen molar-refractivity contribution >= 4 is 27.6 Å². The summed E-state index contributed by atoms with van der Waals surface area (Å²) in [4.78, 5) is 10.9. The van der Waals surface area contributed by atoms with Crippen LogP contribution in [0.25, 0.3) is 0 Å². The second kappa shape index (κ2) is 6.46. The SMILES string of the molecule is C=C(C)CN(C)S(=O)(=O)c1cc(Cl)cc(C(=O)O)c1OC. The third-order valence-corrected chi connectivity index (χ3v) is 4.66. The minimum Gasteiger partial charge on any atom is -0.494 e. The topological polar surface area (TPSA) is 83.9 Å². The highest BCUT2D eigenvalue weighted by Crippen LogP contribution is 2.33. The molecule has 0 fully saturated rings. The van der Waals surface area contributed by atoms with Crippen LogP contribution in [0, 0.1) is 0 Å². The predicted octanol–water partition coefficient (Wildman–Crippen LogP) is 2.24. The Hall–Kier alpha value is -1.57. The van der Waals surface area contributed by atoms with Gasteiger partial charge in [-0.3, -0.25) is 0 Å². The van der Waals surface area contributed by atoms with E-state index in [4.69, 9.17) is 21.4 Å².